The average Bonchev–Trinajstić information content (AvgIpc) is 3.84. The summed E-state index contributed by atoms with van der Waals surface area (Å²) in [6.45, 7) is 6.98. The number of ether oxygens (including phenoxy) is 1. The van der Waals surface area contributed by atoms with Gasteiger partial charge in [-0.15, -0.1) is 5.10 Å². The fraction of sp³-hybridized carbons (Fsp3) is 0.711. The SMILES string of the molecule is COC(=O)CC[C@@H](C)[C@H]1CC[C@H]2[C@@H]3CC[C@@H]4C[C@@H](n5cc(CC(O)(Cn6cncn6)c6ccc(F)cc6F)nn5)CC[C@]4(C)[C@H]3C[C@H](O)[C@]12C. The maximum absolute atomic E-state index is 15.0. The van der Waals surface area contributed by atoms with Crippen LogP contribution in [-0.4, -0.2) is 59.2 Å². The Kier molecular flexibility index (Phi) is 9.41. The van der Waals surface area contributed by atoms with E-state index in [1.807, 2.05) is 10.9 Å². The first-order valence-corrected chi connectivity index (χ1v) is 18.5. The predicted octanol–water partition coefficient (Wildman–Crippen LogP) is 6.04. The summed E-state index contributed by atoms with van der Waals surface area (Å²) in [5, 5.41) is 36.8. The van der Waals surface area contributed by atoms with E-state index in [0.29, 0.717) is 47.6 Å². The molecular formula is C38H52F2N6O4. The highest BCUT2D eigenvalue weighted by Gasteiger charge is 2.63. The van der Waals surface area contributed by atoms with E-state index in [0.717, 1.165) is 63.5 Å². The number of aliphatic hydroxyl groups excluding tert-OH is 1. The number of halogens is 2. The molecule has 7 rings (SSSR count). The van der Waals surface area contributed by atoms with Gasteiger partial charge in [-0.05, 0) is 110 Å². The van der Waals surface area contributed by atoms with Crippen LogP contribution in [-0.2, 0) is 28.1 Å². The molecule has 2 heterocycles. The highest BCUT2D eigenvalue weighted by molar-refractivity contribution is 5.69. The Hall–Kier alpha value is -3.25. The fourth-order valence-electron chi connectivity index (χ4n) is 11.6. The summed E-state index contributed by atoms with van der Waals surface area (Å²) in [6.07, 6.45) is 13.9. The predicted molar refractivity (Wildman–Crippen MR) is 180 cm³/mol. The Labute approximate surface area is 293 Å². The second-order valence-corrected chi connectivity index (χ2v) is 16.6. The third-order valence-electron chi connectivity index (χ3n) is 14.3. The van der Waals surface area contributed by atoms with Crippen molar-refractivity contribution in [1.29, 1.82) is 0 Å². The number of fused-ring (bicyclic) bond motifs is 5. The van der Waals surface area contributed by atoms with Crippen molar-refractivity contribution in [1.82, 2.24) is 29.8 Å². The van der Waals surface area contributed by atoms with Crippen LogP contribution < -0.4 is 0 Å². The van der Waals surface area contributed by atoms with Gasteiger partial charge in [0.05, 0.1) is 31.5 Å². The third-order valence-corrected chi connectivity index (χ3v) is 14.3. The Morgan fingerprint density at radius 3 is 2.70 bits per heavy atom. The Morgan fingerprint density at radius 1 is 1.14 bits per heavy atom. The zero-order valence-electron chi connectivity index (χ0n) is 29.7. The van der Waals surface area contributed by atoms with Gasteiger partial charge in [0.1, 0.15) is 29.9 Å². The first-order chi connectivity index (χ1) is 23.9. The molecule has 0 spiro atoms. The minimum atomic E-state index is -1.76. The second-order valence-electron chi connectivity index (χ2n) is 16.6. The highest BCUT2D eigenvalue weighted by Crippen LogP contribution is 2.69. The summed E-state index contributed by atoms with van der Waals surface area (Å²) in [5.74, 6) is 1.13. The molecule has 50 heavy (non-hydrogen) atoms. The summed E-state index contributed by atoms with van der Waals surface area (Å²) >= 11 is 0. The molecule has 1 unspecified atom stereocenters. The monoisotopic (exact) mass is 694 g/mol. The summed E-state index contributed by atoms with van der Waals surface area (Å²) in [6, 6.07) is 3.34. The molecule has 12 heteroatoms. The van der Waals surface area contributed by atoms with Crippen molar-refractivity contribution >= 4 is 5.97 Å². The molecule has 3 aromatic rings. The molecule has 272 valence electrons. The molecule has 0 aliphatic heterocycles. The number of carbonyl (C=O) groups is 1. The van der Waals surface area contributed by atoms with Crippen LogP contribution >= 0.6 is 0 Å². The van der Waals surface area contributed by atoms with Gasteiger partial charge in [0.15, 0.2) is 0 Å². The quantitative estimate of drug-likeness (QED) is 0.246. The Balaban J connectivity index is 1.05. The number of hydrogen-bond donors (Lipinski definition) is 2. The minimum absolute atomic E-state index is 0.0343. The van der Waals surface area contributed by atoms with E-state index in [1.165, 1.54) is 36.9 Å². The van der Waals surface area contributed by atoms with Crippen LogP contribution in [0.2, 0.25) is 0 Å². The van der Waals surface area contributed by atoms with Crippen LogP contribution in [0.1, 0.15) is 102 Å². The van der Waals surface area contributed by atoms with Gasteiger partial charge in [-0.2, -0.15) is 5.10 Å². The van der Waals surface area contributed by atoms with E-state index < -0.39 is 17.2 Å². The first kappa shape index (κ1) is 35.2. The van der Waals surface area contributed by atoms with Crippen molar-refractivity contribution in [3.8, 4) is 0 Å². The molecule has 0 amide bonds. The van der Waals surface area contributed by atoms with E-state index in [2.05, 4.69) is 41.2 Å². The van der Waals surface area contributed by atoms with E-state index in [1.54, 1.807) is 0 Å². The van der Waals surface area contributed by atoms with Crippen LogP contribution in [0.25, 0.3) is 0 Å². The molecule has 0 bridgehead atoms. The molecule has 4 saturated carbocycles. The third kappa shape index (κ3) is 6.07. The van der Waals surface area contributed by atoms with Gasteiger partial charge < -0.3 is 14.9 Å². The lowest BCUT2D eigenvalue weighted by Crippen LogP contribution is -2.58. The molecule has 2 N–H and O–H groups in total. The molecule has 4 aliphatic rings. The van der Waals surface area contributed by atoms with Gasteiger partial charge in [-0.25, -0.2) is 23.1 Å². The maximum atomic E-state index is 15.0. The first-order valence-electron chi connectivity index (χ1n) is 18.5. The van der Waals surface area contributed by atoms with Crippen LogP contribution in [0.5, 0.6) is 0 Å². The number of aromatic nitrogens is 6. The number of rotatable bonds is 10. The lowest BCUT2D eigenvalue weighted by molar-refractivity contribution is -0.171. The normalized spacial score (nSPS) is 35.4. The van der Waals surface area contributed by atoms with Crippen molar-refractivity contribution in [3.63, 3.8) is 0 Å². The second kappa shape index (κ2) is 13.4. The van der Waals surface area contributed by atoms with E-state index >= 15 is 4.39 Å². The molecule has 10 nitrogen and oxygen atoms in total. The topological polar surface area (TPSA) is 128 Å². The largest absolute Gasteiger partial charge is 0.469 e. The molecule has 0 radical (unpaired) electrons. The van der Waals surface area contributed by atoms with E-state index in [-0.39, 0.29) is 47.5 Å². The number of carbonyl (C=O) groups excluding carboxylic acids is 1. The average molecular weight is 695 g/mol. The van der Waals surface area contributed by atoms with E-state index in [9.17, 15) is 19.4 Å². The summed E-state index contributed by atoms with van der Waals surface area (Å²) < 4.78 is 37.0. The number of aliphatic hydroxyl groups is 2. The van der Waals surface area contributed by atoms with Gasteiger partial charge in [0, 0.05) is 30.7 Å². The van der Waals surface area contributed by atoms with Crippen LogP contribution in [0.15, 0.2) is 37.1 Å². The van der Waals surface area contributed by atoms with Gasteiger partial charge >= 0.3 is 5.97 Å². The van der Waals surface area contributed by atoms with Crippen molar-refractivity contribution in [2.75, 3.05) is 7.11 Å². The molecule has 4 aliphatic carbocycles. The zero-order valence-corrected chi connectivity index (χ0v) is 29.7. The molecule has 2 aromatic heterocycles. The van der Waals surface area contributed by atoms with E-state index in [4.69, 9.17) is 4.74 Å². The van der Waals surface area contributed by atoms with Crippen molar-refractivity contribution in [2.45, 2.75) is 116 Å². The maximum Gasteiger partial charge on any atom is 0.305 e. The number of hydrogen-bond acceptors (Lipinski definition) is 8. The van der Waals surface area contributed by atoms with Crippen molar-refractivity contribution in [2.24, 2.45) is 46.3 Å². The number of methoxy groups -OCH3 is 1. The molecule has 1 aromatic carbocycles. The zero-order chi connectivity index (χ0) is 35.4. The highest BCUT2D eigenvalue weighted by atomic mass is 19.1. The van der Waals surface area contributed by atoms with Gasteiger partial charge in [-0.3, -0.25) is 4.79 Å². The summed E-state index contributed by atoms with van der Waals surface area (Å²) in [4.78, 5) is 15.8. The lowest BCUT2D eigenvalue weighted by atomic mass is 9.43. The fourth-order valence-corrected chi connectivity index (χ4v) is 11.6. The smallest absolute Gasteiger partial charge is 0.305 e. The number of esters is 1. The number of nitrogens with zero attached hydrogens (tertiary/aromatic N) is 6. The van der Waals surface area contributed by atoms with Gasteiger partial charge in [0.25, 0.3) is 0 Å². The molecule has 0 saturated heterocycles. The summed E-state index contributed by atoms with van der Waals surface area (Å²) in [7, 11) is 1.45. The van der Waals surface area contributed by atoms with Crippen LogP contribution in [0.3, 0.4) is 0 Å². The van der Waals surface area contributed by atoms with Crippen LogP contribution in [0, 0.1) is 58.0 Å². The number of benzene rings is 1. The van der Waals surface area contributed by atoms with Crippen molar-refractivity contribution in [3.05, 3.63) is 59.9 Å². The standard InChI is InChI=1S/C38H52F2N6O4/c1-23(5-12-35(48)50-4)29-10-11-30-28-8-6-24-15-27(13-14-36(24,2)32(28)17-34(47)37(29,30)3)46-19-26(43-44-46)18-38(49,20-45-22-41-21-42-45)31-9-7-25(39)16-33(31)40/h7,9,16,19,21-24,27-30,32,34,47,49H,5-6,8,10-15,17-18,20H2,1-4H3/t23-,24-,27+,28+,29-,30+,32+,34+,36+,37-,38?/m1/s1. The molecule has 11 atom stereocenters. The Morgan fingerprint density at radius 2 is 1.96 bits per heavy atom. The van der Waals surface area contributed by atoms with Gasteiger partial charge in [-0.1, -0.05) is 32.1 Å². The minimum Gasteiger partial charge on any atom is -0.469 e. The molecule has 4 fully saturated rings. The van der Waals surface area contributed by atoms with Gasteiger partial charge in [0.2, 0.25) is 0 Å². The Bertz CT molecular complexity index is 1670. The molecular weight excluding hydrogens is 642 g/mol. The lowest BCUT2D eigenvalue weighted by Gasteiger charge is -2.62. The summed E-state index contributed by atoms with van der Waals surface area (Å²) in [5.41, 5.74) is -1.27. The van der Waals surface area contributed by atoms with Crippen LogP contribution in [0.4, 0.5) is 8.78 Å². The van der Waals surface area contributed by atoms with Crippen molar-refractivity contribution < 1.29 is 28.5 Å².